The maximum absolute atomic E-state index is 13.9. The van der Waals surface area contributed by atoms with Gasteiger partial charge in [0, 0.05) is 22.6 Å². The second kappa shape index (κ2) is 9.33. The van der Waals surface area contributed by atoms with Crippen LogP contribution in [-0.4, -0.2) is 11.8 Å². The van der Waals surface area contributed by atoms with Gasteiger partial charge in [0.25, 0.3) is 0 Å². The van der Waals surface area contributed by atoms with Crippen molar-refractivity contribution in [3.63, 3.8) is 0 Å². The molecule has 0 bridgehead atoms. The van der Waals surface area contributed by atoms with E-state index in [2.05, 4.69) is 0 Å². The number of fused-ring (bicyclic) bond motifs is 3. The van der Waals surface area contributed by atoms with Gasteiger partial charge in [0.15, 0.2) is 5.76 Å². The molecule has 0 radical (unpaired) electrons. The Labute approximate surface area is 216 Å². The van der Waals surface area contributed by atoms with Crippen LogP contribution in [0.1, 0.15) is 32.0 Å². The van der Waals surface area contributed by atoms with Crippen molar-refractivity contribution in [1.29, 1.82) is 0 Å². The van der Waals surface area contributed by atoms with Gasteiger partial charge in [-0.3, -0.25) is 4.79 Å². The van der Waals surface area contributed by atoms with Crippen molar-refractivity contribution < 1.29 is 23.2 Å². The SMILES string of the molecule is Cc1cc(=O)oc2c1ccc1oc(C(=O)c3cccc(OC(=O)c4ccccc4)c3)c(-c3ccccc3)c12. The van der Waals surface area contributed by atoms with Crippen molar-refractivity contribution in [3.05, 3.63) is 136 Å². The molecule has 4 aromatic carbocycles. The molecule has 6 aromatic rings. The van der Waals surface area contributed by atoms with Crippen LogP contribution >= 0.6 is 0 Å². The third-order valence-electron chi connectivity index (χ3n) is 6.36. The van der Waals surface area contributed by atoms with Gasteiger partial charge in [-0.15, -0.1) is 0 Å². The number of carbonyl (C=O) groups excluding carboxylic acids is 2. The normalized spacial score (nSPS) is 11.1. The van der Waals surface area contributed by atoms with Gasteiger partial charge in [-0.1, -0.05) is 60.7 Å². The van der Waals surface area contributed by atoms with E-state index >= 15 is 0 Å². The molecule has 0 saturated carbocycles. The van der Waals surface area contributed by atoms with Crippen LogP contribution in [-0.2, 0) is 0 Å². The van der Waals surface area contributed by atoms with Crippen LogP contribution in [0.3, 0.4) is 0 Å². The van der Waals surface area contributed by atoms with Crippen LogP contribution in [0, 0.1) is 6.92 Å². The zero-order chi connectivity index (χ0) is 26.2. The molecule has 6 nitrogen and oxygen atoms in total. The lowest BCUT2D eigenvalue weighted by Crippen LogP contribution is -2.09. The molecule has 2 aromatic heterocycles. The number of ether oxygens (including phenoxy) is 1. The summed E-state index contributed by atoms with van der Waals surface area (Å²) in [6.45, 7) is 1.83. The van der Waals surface area contributed by atoms with E-state index in [9.17, 15) is 14.4 Å². The highest BCUT2D eigenvalue weighted by atomic mass is 16.5. The number of hydrogen-bond donors (Lipinski definition) is 0. The van der Waals surface area contributed by atoms with Crippen molar-refractivity contribution in [2.75, 3.05) is 0 Å². The van der Waals surface area contributed by atoms with Crippen molar-refractivity contribution in [3.8, 4) is 16.9 Å². The molecule has 0 unspecified atom stereocenters. The van der Waals surface area contributed by atoms with E-state index in [4.69, 9.17) is 13.6 Å². The fraction of sp³-hybridized carbons (Fsp3) is 0.0312. The first kappa shape index (κ1) is 23.2. The van der Waals surface area contributed by atoms with E-state index in [1.165, 1.54) is 12.1 Å². The summed E-state index contributed by atoms with van der Waals surface area (Å²) in [5.74, 6) is -0.606. The first-order valence-corrected chi connectivity index (χ1v) is 12.0. The molecular weight excluding hydrogens is 480 g/mol. The Bertz CT molecular complexity index is 1900. The molecule has 6 rings (SSSR count). The van der Waals surface area contributed by atoms with Gasteiger partial charge in [0.2, 0.25) is 5.78 Å². The third-order valence-corrected chi connectivity index (χ3v) is 6.36. The van der Waals surface area contributed by atoms with Gasteiger partial charge in [-0.25, -0.2) is 9.59 Å². The zero-order valence-corrected chi connectivity index (χ0v) is 20.3. The van der Waals surface area contributed by atoms with Crippen LogP contribution in [0.4, 0.5) is 0 Å². The average molecular weight is 501 g/mol. The van der Waals surface area contributed by atoms with Gasteiger partial charge in [0.1, 0.15) is 16.9 Å². The van der Waals surface area contributed by atoms with E-state index in [0.717, 1.165) is 16.5 Å². The Kier molecular flexibility index (Phi) is 5.69. The highest BCUT2D eigenvalue weighted by Gasteiger charge is 2.26. The number of aryl methyl sites for hydroxylation is 1. The van der Waals surface area contributed by atoms with E-state index in [1.807, 2.05) is 49.4 Å². The molecular formula is C32H20O6. The molecule has 0 N–H and O–H groups in total. The van der Waals surface area contributed by atoms with Crippen molar-refractivity contribution >= 4 is 33.7 Å². The highest BCUT2D eigenvalue weighted by molar-refractivity contribution is 6.20. The summed E-state index contributed by atoms with van der Waals surface area (Å²) in [5, 5.41) is 1.30. The molecule has 0 atom stereocenters. The Hall–Kier alpha value is -5.23. The fourth-order valence-corrected chi connectivity index (χ4v) is 4.57. The van der Waals surface area contributed by atoms with E-state index in [-0.39, 0.29) is 17.1 Å². The van der Waals surface area contributed by atoms with Gasteiger partial charge < -0.3 is 13.6 Å². The van der Waals surface area contributed by atoms with E-state index < -0.39 is 17.4 Å². The van der Waals surface area contributed by atoms with E-state index in [0.29, 0.717) is 27.7 Å². The number of carbonyl (C=O) groups is 2. The maximum atomic E-state index is 13.9. The van der Waals surface area contributed by atoms with Crippen LogP contribution in [0.25, 0.3) is 33.1 Å². The standard InChI is InChI=1S/C32H20O6/c1-19-17-26(33)38-30-24(19)15-16-25-28(30)27(20-9-4-2-5-10-20)31(37-25)29(34)22-13-8-14-23(18-22)36-32(35)21-11-6-3-7-12-21/h2-18H,1H3. The molecule has 0 saturated heterocycles. The summed E-state index contributed by atoms with van der Waals surface area (Å²) < 4.78 is 17.3. The summed E-state index contributed by atoms with van der Waals surface area (Å²) in [4.78, 5) is 38.7. The lowest BCUT2D eigenvalue weighted by atomic mass is 9.96. The monoisotopic (exact) mass is 500 g/mol. The van der Waals surface area contributed by atoms with Crippen molar-refractivity contribution in [1.82, 2.24) is 0 Å². The quantitative estimate of drug-likeness (QED) is 0.110. The van der Waals surface area contributed by atoms with Crippen molar-refractivity contribution in [2.45, 2.75) is 6.92 Å². The molecule has 0 aliphatic carbocycles. The summed E-state index contributed by atoms with van der Waals surface area (Å²) in [7, 11) is 0. The minimum Gasteiger partial charge on any atom is -0.452 e. The molecule has 2 heterocycles. The molecule has 0 aliphatic heterocycles. The van der Waals surface area contributed by atoms with Crippen LogP contribution in [0.5, 0.6) is 5.75 Å². The van der Waals surface area contributed by atoms with Crippen LogP contribution < -0.4 is 10.4 Å². The van der Waals surface area contributed by atoms with Gasteiger partial charge >= 0.3 is 11.6 Å². The Morgan fingerprint density at radius 2 is 1.45 bits per heavy atom. The average Bonchev–Trinajstić information content (AvgIpc) is 3.34. The number of ketones is 1. The second-order valence-corrected chi connectivity index (χ2v) is 8.85. The number of benzene rings is 4. The minimum absolute atomic E-state index is 0.0920. The Balaban J connectivity index is 1.50. The predicted molar refractivity (Wildman–Crippen MR) is 144 cm³/mol. The van der Waals surface area contributed by atoms with E-state index in [1.54, 1.807) is 48.5 Å². The van der Waals surface area contributed by atoms with Gasteiger partial charge in [-0.2, -0.15) is 0 Å². The number of esters is 1. The second-order valence-electron chi connectivity index (χ2n) is 8.85. The first-order chi connectivity index (χ1) is 18.5. The Morgan fingerprint density at radius 3 is 2.21 bits per heavy atom. The minimum atomic E-state index is -0.527. The third kappa shape index (κ3) is 4.08. The number of rotatable bonds is 5. The predicted octanol–water partition coefficient (Wildman–Crippen LogP) is 6.96. The summed E-state index contributed by atoms with van der Waals surface area (Å²) in [6, 6.07) is 29.3. The summed E-state index contributed by atoms with van der Waals surface area (Å²) >= 11 is 0. The fourth-order valence-electron chi connectivity index (χ4n) is 4.57. The molecule has 0 aliphatic rings. The largest absolute Gasteiger partial charge is 0.452 e. The van der Waals surface area contributed by atoms with Gasteiger partial charge in [0.05, 0.1) is 10.9 Å². The molecule has 0 fully saturated rings. The first-order valence-electron chi connectivity index (χ1n) is 12.0. The zero-order valence-electron chi connectivity index (χ0n) is 20.3. The molecule has 6 heteroatoms. The number of hydrogen-bond acceptors (Lipinski definition) is 6. The molecule has 0 spiro atoms. The number of furan rings is 1. The van der Waals surface area contributed by atoms with Crippen molar-refractivity contribution in [2.24, 2.45) is 0 Å². The lowest BCUT2D eigenvalue weighted by molar-refractivity contribution is 0.0733. The maximum Gasteiger partial charge on any atom is 0.343 e. The van der Waals surface area contributed by atoms with Crippen LogP contribution in [0.2, 0.25) is 0 Å². The smallest absolute Gasteiger partial charge is 0.343 e. The van der Waals surface area contributed by atoms with Crippen LogP contribution in [0.15, 0.2) is 117 Å². The van der Waals surface area contributed by atoms with Gasteiger partial charge in [-0.05, 0) is 54.4 Å². The summed E-state index contributed by atoms with van der Waals surface area (Å²) in [5.41, 5.74) is 3.00. The summed E-state index contributed by atoms with van der Waals surface area (Å²) in [6.07, 6.45) is 0. The molecule has 0 amide bonds. The molecule has 184 valence electrons. The molecule has 38 heavy (non-hydrogen) atoms. The highest BCUT2D eigenvalue weighted by Crippen LogP contribution is 2.40. The lowest BCUT2D eigenvalue weighted by Gasteiger charge is -2.07. The Morgan fingerprint density at radius 1 is 0.737 bits per heavy atom. The topological polar surface area (TPSA) is 86.7 Å².